The fourth-order valence-electron chi connectivity index (χ4n) is 1.88. The zero-order valence-corrected chi connectivity index (χ0v) is 10.9. The summed E-state index contributed by atoms with van der Waals surface area (Å²) in [5.41, 5.74) is 4.63. The topological polar surface area (TPSA) is 73.6 Å². The Hall–Kier alpha value is -2.04. The Morgan fingerprint density at radius 1 is 1.39 bits per heavy atom. The first-order valence-electron chi connectivity index (χ1n) is 6.08. The highest BCUT2D eigenvalue weighted by Crippen LogP contribution is 2.09. The molecule has 0 aromatic carbocycles. The number of hydrogen-bond acceptors (Lipinski definition) is 2. The van der Waals surface area contributed by atoms with Gasteiger partial charge in [-0.2, -0.15) is 5.10 Å². The Bertz CT molecular complexity index is 534. The molecule has 0 spiro atoms. The molecule has 5 heteroatoms. The average molecular weight is 246 g/mol. The van der Waals surface area contributed by atoms with Crippen LogP contribution in [0, 0.1) is 13.8 Å². The van der Waals surface area contributed by atoms with Gasteiger partial charge in [0, 0.05) is 23.5 Å². The predicted molar refractivity (Wildman–Crippen MR) is 69.4 cm³/mol. The van der Waals surface area contributed by atoms with Crippen LogP contribution in [0.25, 0.3) is 0 Å². The van der Waals surface area contributed by atoms with Crippen molar-refractivity contribution in [2.75, 3.05) is 0 Å². The summed E-state index contributed by atoms with van der Waals surface area (Å²) in [6.45, 7) is 6.42. The van der Waals surface area contributed by atoms with Gasteiger partial charge in [-0.1, -0.05) is 6.92 Å². The van der Waals surface area contributed by atoms with Crippen molar-refractivity contribution in [3.63, 3.8) is 0 Å². The first kappa shape index (κ1) is 12.4. The number of carbonyl (C=O) groups is 1. The standard InChI is InChI=1S/C13H18N4O/c1-4-10-5-6-12(15-10)13(18)14-7-11-8(2)16-17-9(11)3/h5-6,15H,4,7H2,1-3H3,(H,14,18)(H,16,17). The van der Waals surface area contributed by atoms with Crippen LogP contribution in [0.15, 0.2) is 12.1 Å². The van der Waals surface area contributed by atoms with Crippen LogP contribution in [-0.2, 0) is 13.0 Å². The number of amides is 1. The number of carbonyl (C=O) groups excluding carboxylic acids is 1. The van der Waals surface area contributed by atoms with Crippen LogP contribution in [0.3, 0.4) is 0 Å². The van der Waals surface area contributed by atoms with E-state index >= 15 is 0 Å². The quantitative estimate of drug-likeness (QED) is 0.770. The number of hydrogen-bond donors (Lipinski definition) is 3. The van der Waals surface area contributed by atoms with Crippen LogP contribution in [0.5, 0.6) is 0 Å². The summed E-state index contributed by atoms with van der Waals surface area (Å²) < 4.78 is 0. The van der Waals surface area contributed by atoms with Crippen molar-refractivity contribution in [1.29, 1.82) is 0 Å². The normalized spacial score (nSPS) is 10.6. The summed E-state index contributed by atoms with van der Waals surface area (Å²) in [5, 5.41) is 9.89. The molecule has 0 radical (unpaired) electrons. The maximum Gasteiger partial charge on any atom is 0.267 e. The molecular weight excluding hydrogens is 228 g/mol. The summed E-state index contributed by atoms with van der Waals surface area (Å²) in [7, 11) is 0. The van der Waals surface area contributed by atoms with Gasteiger partial charge in [0.15, 0.2) is 0 Å². The molecule has 0 aliphatic carbocycles. The molecular formula is C13H18N4O. The Balaban J connectivity index is 2.00. The third-order valence-electron chi connectivity index (χ3n) is 3.08. The largest absolute Gasteiger partial charge is 0.354 e. The van der Waals surface area contributed by atoms with Crippen molar-refractivity contribution in [2.24, 2.45) is 0 Å². The molecule has 3 N–H and O–H groups in total. The summed E-state index contributed by atoms with van der Waals surface area (Å²) in [6, 6.07) is 3.74. The van der Waals surface area contributed by atoms with Crippen LogP contribution in [-0.4, -0.2) is 21.1 Å². The molecule has 0 saturated heterocycles. The molecule has 5 nitrogen and oxygen atoms in total. The van der Waals surface area contributed by atoms with Gasteiger partial charge in [0.2, 0.25) is 0 Å². The fraction of sp³-hybridized carbons (Fsp3) is 0.385. The number of H-pyrrole nitrogens is 2. The van der Waals surface area contributed by atoms with Crippen molar-refractivity contribution in [3.8, 4) is 0 Å². The molecule has 2 heterocycles. The molecule has 0 saturated carbocycles. The second-order valence-corrected chi connectivity index (χ2v) is 4.35. The maximum atomic E-state index is 11.9. The van der Waals surface area contributed by atoms with Gasteiger partial charge in [0.1, 0.15) is 5.69 Å². The highest BCUT2D eigenvalue weighted by Gasteiger charge is 2.10. The van der Waals surface area contributed by atoms with E-state index in [4.69, 9.17) is 0 Å². The van der Waals surface area contributed by atoms with Gasteiger partial charge >= 0.3 is 0 Å². The molecule has 96 valence electrons. The van der Waals surface area contributed by atoms with E-state index in [2.05, 4.69) is 20.5 Å². The van der Waals surface area contributed by atoms with Crippen LogP contribution in [0.1, 0.15) is 40.1 Å². The van der Waals surface area contributed by atoms with Crippen molar-refractivity contribution < 1.29 is 4.79 Å². The van der Waals surface area contributed by atoms with Crippen molar-refractivity contribution in [3.05, 3.63) is 40.5 Å². The van der Waals surface area contributed by atoms with Crippen molar-refractivity contribution in [2.45, 2.75) is 33.7 Å². The minimum atomic E-state index is -0.0882. The van der Waals surface area contributed by atoms with E-state index in [0.29, 0.717) is 12.2 Å². The third-order valence-corrected chi connectivity index (χ3v) is 3.08. The molecule has 18 heavy (non-hydrogen) atoms. The molecule has 0 aliphatic heterocycles. The van der Waals surface area contributed by atoms with Crippen LogP contribution in [0.4, 0.5) is 0 Å². The van der Waals surface area contributed by atoms with Gasteiger partial charge in [0.05, 0.1) is 5.69 Å². The van der Waals surface area contributed by atoms with Gasteiger partial charge in [-0.05, 0) is 32.4 Å². The van der Waals surface area contributed by atoms with Crippen LogP contribution in [0.2, 0.25) is 0 Å². The number of aromatic amines is 2. The number of aryl methyl sites for hydroxylation is 3. The van der Waals surface area contributed by atoms with Crippen LogP contribution < -0.4 is 5.32 Å². The summed E-state index contributed by atoms with van der Waals surface area (Å²) >= 11 is 0. The Morgan fingerprint density at radius 2 is 2.17 bits per heavy atom. The molecule has 2 aromatic heterocycles. The summed E-state index contributed by atoms with van der Waals surface area (Å²) in [4.78, 5) is 15.0. The molecule has 0 aliphatic rings. The van der Waals surface area contributed by atoms with Crippen LogP contribution >= 0.6 is 0 Å². The molecule has 2 aromatic rings. The van der Waals surface area contributed by atoms with Crippen molar-refractivity contribution >= 4 is 5.91 Å². The van der Waals surface area contributed by atoms with E-state index < -0.39 is 0 Å². The number of nitrogens with zero attached hydrogens (tertiary/aromatic N) is 1. The highest BCUT2D eigenvalue weighted by molar-refractivity contribution is 5.92. The van der Waals surface area contributed by atoms with E-state index in [1.165, 1.54) is 0 Å². The number of aromatic nitrogens is 3. The van der Waals surface area contributed by atoms with E-state index in [0.717, 1.165) is 29.1 Å². The van der Waals surface area contributed by atoms with Gasteiger partial charge in [-0.25, -0.2) is 0 Å². The minimum Gasteiger partial charge on any atom is -0.354 e. The molecule has 2 rings (SSSR count). The highest BCUT2D eigenvalue weighted by atomic mass is 16.1. The Labute approximate surface area is 106 Å². The fourth-order valence-corrected chi connectivity index (χ4v) is 1.88. The Kier molecular flexibility index (Phi) is 3.50. The third kappa shape index (κ3) is 2.45. The van der Waals surface area contributed by atoms with E-state index in [1.54, 1.807) is 0 Å². The minimum absolute atomic E-state index is 0.0882. The van der Waals surface area contributed by atoms with Gasteiger partial charge < -0.3 is 10.3 Å². The summed E-state index contributed by atoms with van der Waals surface area (Å²) in [5.74, 6) is -0.0882. The molecule has 0 atom stereocenters. The Morgan fingerprint density at radius 3 is 2.72 bits per heavy atom. The van der Waals surface area contributed by atoms with Gasteiger partial charge in [-0.15, -0.1) is 0 Å². The predicted octanol–water partition coefficient (Wildman–Crippen LogP) is 1.85. The van der Waals surface area contributed by atoms with Gasteiger partial charge in [-0.3, -0.25) is 9.89 Å². The molecule has 0 fully saturated rings. The molecule has 1 amide bonds. The number of nitrogens with one attached hydrogen (secondary N) is 3. The lowest BCUT2D eigenvalue weighted by atomic mass is 10.2. The summed E-state index contributed by atoms with van der Waals surface area (Å²) in [6.07, 6.45) is 0.896. The average Bonchev–Trinajstić information content (AvgIpc) is 2.95. The lowest BCUT2D eigenvalue weighted by Crippen LogP contribution is -2.23. The maximum absolute atomic E-state index is 11.9. The lowest BCUT2D eigenvalue weighted by molar-refractivity contribution is 0.0946. The van der Waals surface area contributed by atoms with Gasteiger partial charge in [0.25, 0.3) is 5.91 Å². The lowest BCUT2D eigenvalue weighted by Gasteiger charge is -2.04. The zero-order valence-electron chi connectivity index (χ0n) is 10.9. The smallest absolute Gasteiger partial charge is 0.267 e. The van der Waals surface area contributed by atoms with E-state index in [9.17, 15) is 4.79 Å². The van der Waals surface area contributed by atoms with E-state index in [-0.39, 0.29) is 5.91 Å². The SMILES string of the molecule is CCc1ccc(C(=O)NCc2c(C)n[nH]c2C)[nH]1. The first-order valence-corrected chi connectivity index (χ1v) is 6.08. The molecule has 0 bridgehead atoms. The monoisotopic (exact) mass is 246 g/mol. The molecule has 0 unspecified atom stereocenters. The second-order valence-electron chi connectivity index (χ2n) is 4.35. The zero-order chi connectivity index (χ0) is 13.1. The van der Waals surface area contributed by atoms with Crippen molar-refractivity contribution in [1.82, 2.24) is 20.5 Å². The number of rotatable bonds is 4. The first-order chi connectivity index (χ1) is 8.61. The second kappa shape index (κ2) is 5.08. The van der Waals surface area contributed by atoms with E-state index in [1.807, 2.05) is 32.9 Å².